The van der Waals surface area contributed by atoms with Gasteiger partial charge in [-0.2, -0.15) is 13.2 Å². The quantitative estimate of drug-likeness (QED) is 0.849. The Morgan fingerprint density at radius 2 is 1.68 bits per heavy atom. The molecule has 1 N–H and O–H groups in total. The van der Waals surface area contributed by atoms with Crippen molar-refractivity contribution in [2.45, 2.75) is 36.2 Å². The van der Waals surface area contributed by atoms with E-state index in [2.05, 4.69) is 10.4 Å². The van der Waals surface area contributed by atoms with Crippen LogP contribution >= 0.6 is 11.8 Å². The molecule has 1 aliphatic heterocycles. The number of hydrazine groups is 1. The van der Waals surface area contributed by atoms with Crippen molar-refractivity contribution in [3.05, 3.63) is 29.8 Å². The second-order valence-corrected chi connectivity index (χ2v) is 5.71. The van der Waals surface area contributed by atoms with E-state index >= 15 is 0 Å². The summed E-state index contributed by atoms with van der Waals surface area (Å²) >= 11 is -0.0752. The summed E-state index contributed by atoms with van der Waals surface area (Å²) in [4.78, 5) is 0.231. The highest BCUT2D eigenvalue weighted by molar-refractivity contribution is 8.00. The molecule has 19 heavy (non-hydrogen) atoms. The van der Waals surface area contributed by atoms with E-state index in [1.807, 2.05) is 0 Å². The predicted octanol–water partition coefficient (Wildman–Crippen LogP) is 3.79. The number of piperidine rings is 1. The highest BCUT2D eigenvalue weighted by atomic mass is 32.2. The van der Waals surface area contributed by atoms with E-state index in [9.17, 15) is 13.2 Å². The Kier molecular flexibility index (Phi) is 5.13. The smallest absolute Gasteiger partial charge is 0.251 e. The van der Waals surface area contributed by atoms with Gasteiger partial charge in [-0.25, -0.2) is 5.01 Å². The molecule has 0 aromatic heterocycles. The molecule has 1 heterocycles. The van der Waals surface area contributed by atoms with Gasteiger partial charge in [0.15, 0.2) is 0 Å². The fraction of sp³-hybridized carbons (Fsp3) is 0.538. The van der Waals surface area contributed by atoms with E-state index in [0.717, 1.165) is 18.7 Å². The van der Waals surface area contributed by atoms with Gasteiger partial charge in [0.25, 0.3) is 0 Å². The normalized spacial score (nSPS) is 17.6. The Bertz CT molecular complexity index is 386. The van der Waals surface area contributed by atoms with Crippen LogP contribution < -0.4 is 5.43 Å². The number of nitrogens with one attached hydrogen (secondary N) is 1. The molecule has 1 saturated heterocycles. The second kappa shape index (κ2) is 6.63. The van der Waals surface area contributed by atoms with E-state index in [-0.39, 0.29) is 16.7 Å². The summed E-state index contributed by atoms with van der Waals surface area (Å²) in [6.45, 7) is 2.75. The number of alkyl halides is 3. The first-order valence-electron chi connectivity index (χ1n) is 6.36. The highest BCUT2D eigenvalue weighted by Crippen LogP contribution is 2.36. The van der Waals surface area contributed by atoms with E-state index in [0.29, 0.717) is 6.54 Å². The fourth-order valence-electron chi connectivity index (χ4n) is 2.06. The summed E-state index contributed by atoms with van der Waals surface area (Å²) < 4.78 is 36.5. The average molecular weight is 290 g/mol. The standard InChI is InChI=1S/C13H17F3N2S/c14-13(15,16)19-12-6-4-11(5-7-12)10-17-18-8-2-1-3-9-18/h4-7,17H,1-3,8-10H2. The van der Waals surface area contributed by atoms with Gasteiger partial charge < -0.3 is 0 Å². The highest BCUT2D eigenvalue weighted by Gasteiger charge is 2.28. The zero-order valence-electron chi connectivity index (χ0n) is 10.5. The molecular weight excluding hydrogens is 273 g/mol. The Balaban J connectivity index is 1.81. The molecule has 0 spiro atoms. The molecule has 0 atom stereocenters. The zero-order chi connectivity index (χ0) is 13.7. The van der Waals surface area contributed by atoms with Gasteiger partial charge in [-0.05, 0) is 42.3 Å². The second-order valence-electron chi connectivity index (χ2n) is 4.57. The number of hydrogen-bond donors (Lipinski definition) is 1. The molecule has 0 amide bonds. The maximum Gasteiger partial charge on any atom is 0.446 e. The molecule has 106 valence electrons. The Labute approximate surface area is 115 Å². The largest absolute Gasteiger partial charge is 0.446 e. The minimum Gasteiger partial charge on any atom is -0.251 e. The van der Waals surface area contributed by atoms with Crippen LogP contribution in [-0.2, 0) is 6.54 Å². The minimum atomic E-state index is -4.21. The first-order valence-corrected chi connectivity index (χ1v) is 7.18. The molecule has 1 fully saturated rings. The van der Waals surface area contributed by atoms with Crippen LogP contribution in [0, 0.1) is 0 Å². The average Bonchev–Trinajstić information content (AvgIpc) is 2.37. The summed E-state index contributed by atoms with van der Waals surface area (Å²) in [6, 6.07) is 6.52. The lowest BCUT2D eigenvalue weighted by Crippen LogP contribution is -2.41. The first kappa shape index (κ1) is 14.7. The Morgan fingerprint density at radius 1 is 1.05 bits per heavy atom. The maximum atomic E-state index is 12.2. The van der Waals surface area contributed by atoms with E-state index in [1.54, 1.807) is 12.1 Å². The van der Waals surface area contributed by atoms with Crippen LogP contribution in [0.2, 0.25) is 0 Å². The zero-order valence-corrected chi connectivity index (χ0v) is 11.4. The van der Waals surface area contributed by atoms with Gasteiger partial charge in [-0.1, -0.05) is 18.6 Å². The third-order valence-corrected chi connectivity index (χ3v) is 3.76. The van der Waals surface area contributed by atoms with Crippen molar-refractivity contribution in [3.63, 3.8) is 0 Å². The maximum absolute atomic E-state index is 12.2. The minimum absolute atomic E-state index is 0.0752. The van der Waals surface area contributed by atoms with Gasteiger partial charge in [-0.15, -0.1) is 0 Å². The molecule has 0 unspecified atom stereocenters. The number of halogens is 3. The number of rotatable bonds is 4. The molecule has 1 aromatic carbocycles. The summed E-state index contributed by atoms with van der Waals surface area (Å²) in [7, 11) is 0. The van der Waals surface area contributed by atoms with Crippen LogP contribution in [0.4, 0.5) is 13.2 Å². The summed E-state index contributed by atoms with van der Waals surface area (Å²) in [5.41, 5.74) is 0.0925. The number of hydrogen-bond acceptors (Lipinski definition) is 3. The molecule has 1 aliphatic rings. The van der Waals surface area contributed by atoms with Gasteiger partial charge in [0.05, 0.1) is 0 Å². The monoisotopic (exact) mass is 290 g/mol. The number of benzene rings is 1. The number of nitrogens with zero attached hydrogens (tertiary/aromatic N) is 1. The lowest BCUT2D eigenvalue weighted by atomic mass is 10.2. The lowest BCUT2D eigenvalue weighted by molar-refractivity contribution is -0.0328. The first-order chi connectivity index (χ1) is 9.03. The van der Waals surface area contributed by atoms with Gasteiger partial charge in [0.2, 0.25) is 0 Å². The topological polar surface area (TPSA) is 15.3 Å². The molecule has 0 saturated carbocycles. The lowest BCUT2D eigenvalue weighted by Gasteiger charge is -2.27. The molecule has 0 bridgehead atoms. The van der Waals surface area contributed by atoms with Crippen molar-refractivity contribution in [3.8, 4) is 0 Å². The molecule has 0 aliphatic carbocycles. The summed E-state index contributed by atoms with van der Waals surface area (Å²) in [5.74, 6) is 0. The van der Waals surface area contributed by atoms with Crippen molar-refractivity contribution >= 4 is 11.8 Å². The Morgan fingerprint density at radius 3 is 2.26 bits per heavy atom. The van der Waals surface area contributed by atoms with Crippen LogP contribution in [0.5, 0.6) is 0 Å². The molecule has 0 radical (unpaired) electrons. The van der Waals surface area contributed by atoms with Crippen LogP contribution in [0.1, 0.15) is 24.8 Å². The van der Waals surface area contributed by atoms with Crippen LogP contribution in [0.3, 0.4) is 0 Å². The molecule has 1 aromatic rings. The van der Waals surface area contributed by atoms with Crippen molar-refractivity contribution in [2.75, 3.05) is 13.1 Å². The van der Waals surface area contributed by atoms with Crippen molar-refractivity contribution < 1.29 is 13.2 Å². The molecule has 6 heteroatoms. The van der Waals surface area contributed by atoms with Crippen LogP contribution in [0.15, 0.2) is 29.2 Å². The summed E-state index contributed by atoms with van der Waals surface area (Å²) in [5, 5.41) is 2.18. The molecular formula is C13H17F3N2S. The third kappa shape index (κ3) is 5.42. The van der Waals surface area contributed by atoms with E-state index in [4.69, 9.17) is 0 Å². The number of thioether (sulfide) groups is 1. The molecule has 2 rings (SSSR count). The third-order valence-electron chi connectivity index (χ3n) is 3.02. The van der Waals surface area contributed by atoms with Crippen LogP contribution in [0.25, 0.3) is 0 Å². The van der Waals surface area contributed by atoms with Crippen LogP contribution in [-0.4, -0.2) is 23.6 Å². The van der Waals surface area contributed by atoms with Gasteiger partial charge in [0, 0.05) is 24.5 Å². The van der Waals surface area contributed by atoms with Crippen molar-refractivity contribution in [2.24, 2.45) is 0 Å². The Hall–Kier alpha value is -0.720. The van der Waals surface area contributed by atoms with E-state index < -0.39 is 5.51 Å². The van der Waals surface area contributed by atoms with Crippen molar-refractivity contribution in [1.82, 2.24) is 10.4 Å². The SMILES string of the molecule is FC(F)(F)Sc1ccc(CNN2CCCCC2)cc1. The van der Waals surface area contributed by atoms with Crippen molar-refractivity contribution in [1.29, 1.82) is 0 Å². The fourth-order valence-corrected chi connectivity index (χ4v) is 2.60. The van der Waals surface area contributed by atoms with Gasteiger partial charge >= 0.3 is 5.51 Å². The van der Waals surface area contributed by atoms with E-state index in [1.165, 1.54) is 31.4 Å². The summed E-state index contributed by atoms with van der Waals surface area (Å²) in [6.07, 6.45) is 3.68. The molecule has 2 nitrogen and oxygen atoms in total. The van der Waals surface area contributed by atoms with Gasteiger partial charge in [0.1, 0.15) is 0 Å². The van der Waals surface area contributed by atoms with Gasteiger partial charge in [-0.3, -0.25) is 5.43 Å². The predicted molar refractivity (Wildman–Crippen MR) is 70.6 cm³/mol.